The van der Waals surface area contributed by atoms with E-state index >= 15 is 0 Å². The maximum Gasteiger partial charge on any atom is 0.253 e. The molecule has 0 radical (unpaired) electrons. The van der Waals surface area contributed by atoms with Crippen molar-refractivity contribution >= 4 is 30.1 Å². The highest BCUT2D eigenvalue weighted by atomic mass is 35.5. The Kier molecular flexibility index (Phi) is 5.82. The van der Waals surface area contributed by atoms with Gasteiger partial charge < -0.3 is 5.32 Å². The van der Waals surface area contributed by atoms with E-state index in [0.29, 0.717) is 10.6 Å². The molecule has 0 bridgehead atoms. The summed E-state index contributed by atoms with van der Waals surface area (Å²) in [5.41, 5.74) is 1.79. The Hall–Kier alpha value is -1.49. The molecule has 1 saturated heterocycles. The lowest BCUT2D eigenvalue weighted by Gasteiger charge is -2.33. The molecule has 2 aromatic rings. The van der Waals surface area contributed by atoms with E-state index in [-0.39, 0.29) is 11.9 Å². The molecule has 0 aliphatic carbocycles. The predicted molar refractivity (Wildman–Crippen MR) is 101 cm³/mol. The Bertz CT molecular complexity index is 708. The SMILES string of the molecule is O=C(NC1CCCN(Cc2ccccc2)C1)c1cc(S)ccc1Cl. The van der Waals surface area contributed by atoms with Gasteiger partial charge in [-0.25, -0.2) is 0 Å². The molecule has 2 aromatic carbocycles. The Labute approximate surface area is 153 Å². The summed E-state index contributed by atoms with van der Waals surface area (Å²) in [6.45, 7) is 2.84. The second-order valence-corrected chi connectivity index (χ2v) is 7.12. The fourth-order valence-electron chi connectivity index (χ4n) is 3.11. The Morgan fingerprint density at radius 3 is 2.83 bits per heavy atom. The Balaban J connectivity index is 1.61. The van der Waals surface area contributed by atoms with E-state index in [1.165, 1.54) is 5.56 Å². The molecule has 3 rings (SSSR count). The van der Waals surface area contributed by atoms with Crippen LogP contribution < -0.4 is 5.32 Å². The zero-order valence-electron chi connectivity index (χ0n) is 13.4. The number of thiol groups is 1. The Morgan fingerprint density at radius 1 is 1.25 bits per heavy atom. The highest BCUT2D eigenvalue weighted by Gasteiger charge is 2.22. The number of hydrogen-bond donors (Lipinski definition) is 2. The molecule has 1 fully saturated rings. The molecule has 1 atom stereocenters. The monoisotopic (exact) mass is 360 g/mol. The number of likely N-dealkylation sites (tertiary alicyclic amines) is 1. The van der Waals surface area contributed by atoms with Crippen molar-refractivity contribution in [2.24, 2.45) is 0 Å². The first-order valence-electron chi connectivity index (χ1n) is 8.17. The van der Waals surface area contributed by atoms with E-state index in [2.05, 4.69) is 47.1 Å². The van der Waals surface area contributed by atoms with Crippen LogP contribution in [0.5, 0.6) is 0 Å². The minimum atomic E-state index is -0.123. The van der Waals surface area contributed by atoms with Crippen LogP contribution in [0.25, 0.3) is 0 Å². The fourth-order valence-corrected chi connectivity index (χ4v) is 3.52. The van der Waals surface area contributed by atoms with Crippen LogP contribution in [0.1, 0.15) is 28.8 Å². The average molecular weight is 361 g/mol. The van der Waals surface area contributed by atoms with E-state index in [1.54, 1.807) is 18.2 Å². The molecule has 1 N–H and O–H groups in total. The van der Waals surface area contributed by atoms with Crippen LogP contribution in [0, 0.1) is 0 Å². The maximum atomic E-state index is 12.5. The number of nitrogens with one attached hydrogen (secondary N) is 1. The molecule has 1 aliphatic rings. The number of benzene rings is 2. The molecular weight excluding hydrogens is 340 g/mol. The quantitative estimate of drug-likeness (QED) is 0.807. The topological polar surface area (TPSA) is 32.3 Å². The van der Waals surface area contributed by atoms with Gasteiger partial charge in [-0.3, -0.25) is 9.69 Å². The molecule has 0 aromatic heterocycles. The number of nitrogens with zero attached hydrogens (tertiary/aromatic N) is 1. The van der Waals surface area contributed by atoms with Gasteiger partial charge in [-0.05, 0) is 43.1 Å². The van der Waals surface area contributed by atoms with Gasteiger partial charge in [0.05, 0.1) is 10.6 Å². The Morgan fingerprint density at radius 2 is 2.04 bits per heavy atom. The van der Waals surface area contributed by atoms with Crippen molar-refractivity contribution in [1.82, 2.24) is 10.2 Å². The third-order valence-electron chi connectivity index (χ3n) is 4.28. The first-order valence-corrected chi connectivity index (χ1v) is 9.00. The minimum Gasteiger partial charge on any atom is -0.348 e. The number of carbonyl (C=O) groups is 1. The van der Waals surface area contributed by atoms with E-state index in [0.717, 1.165) is 37.4 Å². The van der Waals surface area contributed by atoms with Crippen molar-refractivity contribution in [3.05, 3.63) is 64.7 Å². The minimum absolute atomic E-state index is 0.123. The van der Waals surface area contributed by atoms with Crippen molar-refractivity contribution < 1.29 is 4.79 Å². The lowest BCUT2D eigenvalue weighted by atomic mass is 10.0. The molecule has 24 heavy (non-hydrogen) atoms. The van der Waals surface area contributed by atoms with Crippen LogP contribution in [0.15, 0.2) is 53.4 Å². The zero-order valence-corrected chi connectivity index (χ0v) is 15.1. The first-order chi connectivity index (χ1) is 11.6. The van der Waals surface area contributed by atoms with E-state index in [4.69, 9.17) is 11.6 Å². The van der Waals surface area contributed by atoms with E-state index < -0.39 is 0 Å². The summed E-state index contributed by atoms with van der Waals surface area (Å²) >= 11 is 10.4. The highest BCUT2D eigenvalue weighted by Crippen LogP contribution is 2.20. The van der Waals surface area contributed by atoms with Gasteiger partial charge in [-0.1, -0.05) is 41.9 Å². The van der Waals surface area contributed by atoms with E-state index in [1.807, 2.05) is 6.07 Å². The lowest BCUT2D eigenvalue weighted by molar-refractivity contribution is 0.0900. The molecule has 0 saturated carbocycles. The molecule has 5 heteroatoms. The van der Waals surface area contributed by atoms with Crippen LogP contribution in [-0.2, 0) is 6.54 Å². The summed E-state index contributed by atoms with van der Waals surface area (Å²) in [4.78, 5) is 15.6. The lowest BCUT2D eigenvalue weighted by Crippen LogP contribution is -2.47. The number of hydrogen-bond acceptors (Lipinski definition) is 3. The van der Waals surface area contributed by atoms with Gasteiger partial charge in [0.1, 0.15) is 0 Å². The van der Waals surface area contributed by atoms with Gasteiger partial charge in [0.2, 0.25) is 0 Å². The summed E-state index contributed by atoms with van der Waals surface area (Å²) in [7, 11) is 0. The van der Waals surface area contributed by atoms with Crippen molar-refractivity contribution in [3.8, 4) is 0 Å². The highest BCUT2D eigenvalue weighted by molar-refractivity contribution is 7.80. The average Bonchev–Trinajstić information content (AvgIpc) is 2.58. The number of piperidine rings is 1. The molecule has 3 nitrogen and oxygen atoms in total. The number of amides is 1. The second-order valence-electron chi connectivity index (χ2n) is 6.20. The molecule has 0 spiro atoms. The largest absolute Gasteiger partial charge is 0.348 e. The van der Waals surface area contributed by atoms with Crippen LogP contribution in [0.3, 0.4) is 0 Å². The van der Waals surface area contributed by atoms with Crippen LogP contribution in [0.4, 0.5) is 0 Å². The standard InChI is InChI=1S/C19H21ClN2OS/c20-18-9-8-16(24)11-17(18)19(23)21-15-7-4-10-22(13-15)12-14-5-2-1-3-6-14/h1-3,5-6,8-9,11,15,24H,4,7,10,12-13H2,(H,21,23). The summed E-state index contributed by atoms with van der Waals surface area (Å²) in [6, 6.07) is 15.8. The molecule has 1 aliphatic heterocycles. The summed E-state index contributed by atoms with van der Waals surface area (Å²) < 4.78 is 0. The maximum absolute atomic E-state index is 12.5. The van der Waals surface area contributed by atoms with Gasteiger partial charge in [-0.15, -0.1) is 12.6 Å². The van der Waals surface area contributed by atoms with Gasteiger partial charge >= 0.3 is 0 Å². The zero-order chi connectivity index (χ0) is 16.9. The summed E-state index contributed by atoms with van der Waals surface area (Å²) in [5, 5.41) is 3.58. The molecule has 1 unspecified atom stereocenters. The number of rotatable bonds is 4. The van der Waals surface area contributed by atoms with E-state index in [9.17, 15) is 4.79 Å². The molecule has 1 heterocycles. The van der Waals surface area contributed by atoms with Crippen molar-refractivity contribution in [2.75, 3.05) is 13.1 Å². The fraction of sp³-hybridized carbons (Fsp3) is 0.316. The van der Waals surface area contributed by atoms with Crippen molar-refractivity contribution in [3.63, 3.8) is 0 Å². The number of halogens is 1. The van der Waals surface area contributed by atoms with Crippen LogP contribution in [-0.4, -0.2) is 29.9 Å². The van der Waals surface area contributed by atoms with Crippen molar-refractivity contribution in [1.29, 1.82) is 0 Å². The molecule has 1 amide bonds. The van der Waals surface area contributed by atoms with Gasteiger partial charge in [0.25, 0.3) is 5.91 Å². The second kappa shape index (κ2) is 8.06. The van der Waals surface area contributed by atoms with Crippen LogP contribution >= 0.6 is 24.2 Å². The third-order valence-corrected chi connectivity index (χ3v) is 4.89. The van der Waals surface area contributed by atoms with Crippen molar-refractivity contribution in [2.45, 2.75) is 30.3 Å². The first kappa shape index (κ1) is 17.3. The normalized spacial score (nSPS) is 18.3. The van der Waals surface area contributed by atoms with Gasteiger partial charge in [0.15, 0.2) is 0 Å². The number of carbonyl (C=O) groups excluding carboxylic acids is 1. The third kappa shape index (κ3) is 4.53. The smallest absolute Gasteiger partial charge is 0.253 e. The molecular formula is C19H21ClN2OS. The van der Waals surface area contributed by atoms with Gasteiger partial charge in [-0.2, -0.15) is 0 Å². The predicted octanol–water partition coefficient (Wildman–Crippen LogP) is 4.02. The molecule has 126 valence electrons. The van der Waals surface area contributed by atoms with Gasteiger partial charge in [0, 0.05) is 24.0 Å². The van der Waals surface area contributed by atoms with Crippen LogP contribution in [0.2, 0.25) is 5.02 Å². The summed E-state index contributed by atoms with van der Waals surface area (Å²) in [6.07, 6.45) is 2.08. The summed E-state index contributed by atoms with van der Waals surface area (Å²) in [5.74, 6) is -0.123.